The number of anilines is 1. The monoisotopic (exact) mass is 447 g/mol. The lowest BCUT2D eigenvalue weighted by molar-refractivity contribution is -0.137. The zero-order chi connectivity index (χ0) is 22.3. The normalized spacial score (nSPS) is 16.8. The fraction of sp³-hybridized carbons (Fsp3) is 0.0909. The second-order valence-electron chi connectivity index (χ2n) is 6.71. The molecule has 158 valence electrons. The van der Waals surface area contributed by atoms with E-state index < -0.39 is 41.0 Å². The molecule has 1 amide bonds. The van der Waals surface area contributed by atoms with Gasteiger partial charge in [-0.25, -0.2) is 4.39 Å². The Bertz CT molecular complexity index is 1180. The summed E-state index contributed by atoms with van der Waals surface area (Å²) >= 11 is 1.08. The van der Waals surface area contributed by atoms with E-state index in [-0.39, 0.29) is 21.7 Å². The molecule has 4 rings (SSSR count). The number of nitrogens with zero attached hydrogens (tertiary/aromatic N) is 1. The first kappa shape index (κ1) is 20.8. The molecular formula is C22H13F4NO3S. The number of benzene rings is 2. The number of hydrogen-bond donors (Lipinski definition) is 1. The summed E-state index contributed by atoms with van der Waals surface area (Å²) in [6.45, 7) is 0. The standard InChI is InChI=1S/C22H13F4NO3S/c23-15-5-2-1-4-14(15)18-17(19(28)16-6-3-11-31-16)20(29)21(30)27(18)13-9-7-12(8-10-13)22(24,25)26/h1-11,18,29H. The van der Waals surface area contributed by atoms with Crippen molar-refractivity contribution >= 4 is 28.7 Å². The first-order valence-electron chi connectivity index (χ1n) is 8.96. The first-order chi connectivity index (χ1) is 14.7. The van der Waals surface area contributed by atoms with Gasteiger partial charge < -0.3 is 5.11 Å². The molecule has 0 fully saturated rings. The van der Waals surface area contributed by atoms with E-state index >= 15 is 0 Å². The van der Waals surface area contributed by atoms with Crippen molar-refractivity contribution in [3.63, 3.8) is 0 Å². The van der Waals surface area contributed by atoms with Gasteiger partial charge in [-0.2, -0.15) is 13.2 Å². The number of ketones is 1. The van der Waals surface area contributed by atoms with E-state index in [0.717, 1.165) is 46.6 Å². The zero-order valence-electron chi connectivity index (χ0n) is 15.6. The van der Waals surface area contributed by atoms with Crippen LogP contribution in [0.1, 0.15) is 26.8 Å². The highest BCUT2D eigenvalue weighted by Crippen LogP contribution is 2.43. The molecule has 31 heavy (non-hydrogen) atoms. The highest BCUT2D eigenvalue weighted by atomic mass is 32.1. The molecule has 1 aromatic heterocycles. The minimum atomic E-state index is -4.58. The summed E-state index contributed by atoms with van der Waals surface area (Å²) in [4.78, 5) is 27.1. The number of rotatable bonds is 4. The Labute approximate surface area is 177 Å². The van der Waals surface area contributed by atoms with Crippen molar-refractivity contribution in [2.24, 2.45) is 0 Å². The molecule has 3 aromatic rings. The highest BCUT2D eigenvalue weighted by Gasteiger charge is 2.46. The quantitative estimate of drug-likeness (QED) is 0.413. The number of thiophene rings is 1. The highest BCUT2D eigenvalue weighted by molar-refractivity contribution is 7.12. The molecule has 2 aromatic carbocycles. The number of carbonyl (C=O) groups is 2. The van der Waals surface area contributed by atoms with Crippen LogP contribution < -0.4 is 4.90 Å². The maximum Gasteiger partial charge on any atom is 0.416 e. The van der Waals surface area contributed by atoms with Crippen LogP contribution in [0.4, 0.5) is 23.2 Å². The Morgan fingerprint density at radius 1 is 1.00 bits per heavy atom. The van der Waals surface area contributed by atoms with E-state index in [9.17, 15) is 32.3 Å². The van der Waals surface area contributed by atoms with Crippen LogP contribution in [0.15, 0.2) is 77.4 Å². The van der Waals surface area contributed by atoms with Gasteiger partial charge in [0.1, 0.15) is 5.82 Å². The third-order valence-electron chi connectivity index (χ3n) is 4.87. The molecule has 0 radical (unpaired) electrons. The van der Waals surface area contributed by atoms with Gasteiger partial charge in [0.2, 0.25) is 5.78 Å². The van der Waals surface area contributed by atoms with Gasteiger partial charge in [0, 0.05) is 11.3 Å². The average Bonchev–Trinajstić information content (AvgIpc) is 3.35. The molecular weight excluding hydrogens is 434 g/mol. The molecule has 1 aliphatic rings. The smallest absolute Gasteiger partial charge is 0.416 e. The Morgan fingerprint density at radius 2 is 1.68 bits per heavy atom. The summed E-state index contributed by atoms with van der Waals surface area (Å²) in [5.41, 5.74) is -1.36. The van der Waals surface area contributed by atoms with Gasteiger partial charge in [0.25, 0.3) is 5.91 Å². The van der Waals surface area contributed by atoms with Gasteiger partial charge in [-0.1, -0.05) is 24.3 Å². The molecule has 4 nitrogen and oxygen atoms in total. The summed E-state index contributed by atoms with van der Waals surface area (Å²) < 4.78 is 53.5. The maximum atomic E-state index is 14.7. The van der Waals surface area contributed by atoms with Crippen molar-refractivity contribution in [3.05, 3.63) is 99.2 Å². The van der Waals surface area contributed by atoms with Crippen molar-refractivity contribution in [1.82, 2.24) is 0 Å². The fourth-order valence-electron chi connectivity index (χ4n) is 3.45. The van der Waals surface area contributed by atoms with Crippen LogP contribution >= 0.6 is 11.3 Å². The number of hydrogen-bond acceptors (Lipinski definition) is 4. The van der Waals surface area contributed by atoms with E-state index in [1.54, 1.807) is 11.4 Å². The van der Waals surface area contributed by atoms with Gasteiger partial charge in [-0.15, -0.1) is 11.3 Å². The van der Waals surface area contributed by atoms with Crippen molar-refractivity contribution < 1.29 is 32.3 Å². The number of aliphatic hydroxyl groups is 1. The molecule has 1 unspecified atom stereocenters. The molecule has 0 bridgehead atoms. The molecule has 0 saturated heterocycles. The predicted molar refractivity (Wildman–Crippen MR) is 106 cm³/mol. The van der Waals surface area contributed by atoms with Crippen LogP contribution in [0.25, 0.3) is 0 Å². The molecule has 1 N–H and O–H groups in total. The van der Waals surface area contributed by atoms with Crippen molar-refractivity contribution in [1.29, 1.82) is 0 Å². The molecule has 1 aliphatic heterocycles. The van der Waals surface area contributed by atoms with Crippen LogP contribution in [-0.4, -0.2) is 16.8 Å². The van der Waals surface area contributed by atoms with Crippen LogP contribution in [-0.2, 0) is 11.0 Å². The van der Waals surface area contributed by atoms with Crippen LogP contribution in [0.2, 0.25) is 0 Å². The molecule has 0 saturated carbocycles. The Morgan fingerprint density at radius 3 is 2.26 bits per heavy atom. The van der Waals surface area contributed by atoms with Crippen LogP contribution in [0, 0.1) is 5.82 Å². The summed E-state index contributed by atoms with van der Waals surface area (Å²) in [5, 5.41) is 12.2. The minimum absolute atomic E-state index is 0.0215. The van der Waals surface area contributed by atoms with Gasteiger partial charge in [0.05, 0.1) is 22.1 Å². The number of carbonyl (C=O) groups excluding carboxylic acids is 2. The molecule has 0 spiro atoms. The lowest BCUT2D eigenvalue weighted by atomic mass is 9.94. The fourth-order valence-corrected chi connectivity index (χ4v) is 4.12. The van der Waals surface area contributed by atoms with Crippen molar-refractivity contribution in [2.75, 3.05) is 4.90 Å². The topological polar surface area (TPSA) is 57.6 Å². The van der Waals surface area contributed by atoms with E-state index in [1.165, 1.54) is 24.3 Å². The third-order valence-corrected chi connectivity index (χ3v) is 5.74. The van der Waals surface area contributed by atoms with Crippen molar-refractivity contribution in [2.45, 2.75) is 12.2 Å². The van der Waals surface area contributed by atoms with Crippen LogP contribution in [0.5, 0.6) is 0 Å². The summed E-state index contributed by atoms with van der Waals surface area (Å²) in [6, 6.07) is 10.8. The lowest BCUT2D eigenvalue weighted by Crippen LogP contribution is -2.31. The molecule has 9 heteroatoms. The van der Waals surface area contributed by atoms with Gasteiger partial charge in [0.15, 0.2) is 5.76 Å². The maximum absolute atomic E-state index is 14.7. The minimum Gasteiger partial charge on any atom is -0.503 e. The van der Waals surface area contributed by atoms with Crippen LogP contribution in [0.3, 0.4) is 0 Å². The van der Waals surface area contributed by atoms with Gasteiger partial charge in [-0.3, -0.25) is 14.5 Å². The lowest BCUT2D eigenvalue weighted by Gasteiger charge is -2.27. The Hall–Kier alpha value is -3.46. The second kappa shape index (κ2) is 7.66. The Kier molecular flexibility index (Phi) is 5.14. The average molecular weight is 447 g/mol. The van der Waals surface area contributed by atoms with Crippen molar-refractivity contribution in [3.8, 4) is 0 Å². The summed E-state index contributed by atoms with van der Waals surface area (Å²) in [7, 11) is 0. The summed E-state index contributed by atoms with van der Waals surface area (Å²) in [5.74, 6) is -3.27. The first-order valence-corrected chi connectivity index (χ1v) is 9.84. The third kappa shape index (κ3) is 3.61. The summed E-state index contributed by atoms with van der Waals surface area (Å²) in [6.07, 6.45) is -4.58. The van der Waals surface area contributed by atoms with Gasteiger partial charge >= 0.3 is 6.18 Å². The van der Waals surface area contributed by atoms with E-state index in [1.807, 2.05) is 0 Å². The second-order valence-corrected chi connectivity index (χ2v) is 7.66. The largest absolute Gasteiger partial charge is 0.503 e. The number of alkyl halides is 3. The molecule has 2 heterocycles. The molecule has 0 aliphatic carbocycles. The number of halogens is 4. The Balaban J connectivity index is 1.86. The van der Waals surface area contributed by atoms with E-state index in [2.05, 4.69) is 0 Å². The number of aliphatic hydroxyl groups excluding tert-OH is 1. The zero-order valence-corrected chi connectivity index (χ0v) is 16.4. The van der Waals surface area contributed by atoms with E-state index in [4.69, 9.17) is 0 Å². The predicted octanol–water partition coefficient (Wildman–Crippen LogP) is 5.69. The SMILES string of the molecule is O=C(C1=C(O)C(=O)N(c2ccc(C(F)(F)F)cc2)C1c1ccccc1F)c1cccs1. The molecule has 1 atom stereocenters. The number of amides is 1. The number of Topliss-reactive ketones (excluding diaryl/α,β-unsaturated/α-hetero) is 1. The van der Waals surface area contributed by atoms with Gasteiger partial charge in [-0.05, 0) is 41.8 Å². The van der Waals surface area contributed by atoms with E-state index in [0.29, 0.717) is 0 Å².